The number of nitrogens with zero attached hydrogens (tertiary/aromatic N) is 1. The van der Waals surface area contributed by atoms with Crippen LogP contribution in [-0.2, 0) is 5.41 Å². The molecule has 2 aromatic carbocycles. The van der Waals surface area contributed by atoms with Crippen LogP contribution in [0.25, 0.3) is 11.3 Å². The summed E-state index contributed by atoms with van der Waals surface area (Å²) in [6.45, 7) is 6.54. The van der Waals surface area contributed by atoms with Gasteiger partial charge in [-0.25, -0.2) is 4.98 Å². The third-order valence-corrected chi connectivity index (χ3v) is 5.27. The summed E-state index contributed by atoms with van der Waals surface area (Å²) in [7, 11) is 0. The van der Waals surface area contributed by atoms with Crippen molar-refractivity contribution in [1.29, 1.82) is 0 Å². The lowest BCUT2D eigenvalue weighted by Gasteiger charge is -2.18. The molecule has 0 saturated heterocycles. The van der Waals surface area contributed by atoms with E-state index in [1.807, 2.05) is 5.38 Å². The van der Waals surface area contributed by atoms with Gasteiger partial charge in [0.2, 0.25) is 0 Å². The predicted octanol–water partition coefficient (Wildman–Crippen LogP) is 6.67. The van der Waals surface area contributed by atoms with Crippen LogP contribution in [0, 0.1) is 0 Å². The smallest absolute Gasteiger partial charge is 0.259 e. The fourth-order valence-electron chi connectivity index (χ4n) is 2.44. The Balaban J connectivity index is 1.78. The SMILES string of the molecule is CC(C)(C)c1ccc(-c2csc(NC(=O)c3cc(Cl)ccc3Cl)n2)cc1. The number of benzene rings is 2. The van der Waals surface area contributed by atoms with Gasteiger partial charge in [0.05, 0.1) is 16.3 Å². The summed E-state index contributed by atoms with van der Waals surface area (Å²) in [5.41, 5.74) is 3.53. The molecule has 1 heterocycles. The normalized spacial score (nSPS) is 11.4. The molecule has 0 aliphatic carbocycles. The van der Waals surface area contributed by atoms with E-state index in [4.69, 9.17) is 23.2 Å². The number of aromatic nitrogens is 1. The van der Waals surface area contributed by atoms with Crippen LogP contribution in [0.3, 0.4) is 0 Å². The van der Waals surface area contributed by atoms with Crippen molar-refractivity contribution in [3.8, 4) is 11.3 Å². The molecule has 6 heteroatoms. The molecule has 0 unspecified atom stereocenters. The summed E-state index contributed by atoms with van der Waals surface area (Å²) in [4.78, 5) is 16.9. The molecule has 3 nitrogen and oxygen atoms in total. The number of anilines is 1. The Morgan fingerprint density at radius 1 is 1.08 bits per heavy atom. The number of thiazole rings is 1. The average Bonchev–Trinajstić information content (AvgIpc) is 3.05. The highest BCUT2D eigenvalue weighted by molar-refractivity contribution is 7.14. The zero-order chi connectivity index (χ0) is 18.9. The van der Waals surface area contributed by atoms with E-state index in [1.54, 1.807) is 18.2 Å². The Kier molecular flexibility index (Phi) is 5.37. The second-order valence-electron chi connectivity index (χ2n) is 6.94. The van der Waals surface area contributed by atoms with Gasteiger partial charge in [-0.1, -0.05) is 68.2 Å². The van der Waals surface area contributed by atoms with Gasteiger partial charge in [-0.3, -0.25) is 10.1 Å². The van der Waals surface area contributed by atoms with E-state index in [2.05, 4.69) is 55.3 Å². The van der Waals surface area contributed by atoms with Crippen molar-refractivity contribution in [2.45, 2.75) is 26.2 Å². The van der Waals surface area contributed by atoms with Gasteiger partial charge in [-0.2, -0.15) is 0 Å². The molecule has 1 aromatic heterocycles. The monoisotopic (exact) mass is 404 g/mol. The van der Waals surface area contributed by atoms with E-state index in [0.717, 1.165) is 11.3 Å². The van der Waals surface area contributed by atoms with Gasteiger partial charge in [0.1, 0.15) is 0 Å². The lowest BCUT2D eigenvalue weighted by atomic mass is 9.86. The van der Waals surface area contributed by atoms with Crippen LogP contribution in [0.4, 0.5) is 5.13 Å². The number of carbonyl (C=O) groups excluding carboxylic acids is 1. The molecular weight excluding hydrogens is 387 g/mol. The van der Waals surface area contributed by atoms with Crippen molar-refractivity contribution in [2.75, 3.05) is 5.32 Å². The summed E-state index contributed by atoms with van der Waals surface area (Å²) in [5, 5.41) is 6.02. The van der Waals surface area contributed by atoms with Crippen molar-refractivity contribution in [2.24, 2.45) is 0 Å². The maximum atomic E-state index is 12.4. The van der Waals surface area contributed by atoms with Gasteiger partial charge in [0, 0.05) is 16.0 Å². The van der Waals surface area contributed by atoms with Crippen LogP contribution in [0.5, 0.6) is 0 Å². The Hall–Kier alpha value is -1.88. The quantitative estimate of drug-likeness (QED) is 0.529. The van der Waals surface area contributed by atoms with Crippen LogP contribution >= 0.6 is 34.5 Å². The van der Waals surface area contributed by atoms with Crippen molar-refractivity contribution in [3.05, 3.63) is 69.0 Å². The molecule has 1 N–H and O–H groups in total. The summed E-state index contributed by atoms with van der Waals surface area (Å²) >= 11 is 13.4. The fourth-order valence-corrected chi connectivity index (χ4v) is 3.53. The van der Waals surface area contributed by atoms with Gasteiger partial charge in [-0.05, 0) is 29.2 Å². The molecule has 0 aliphatic heterocycles. The van der Waals surface area contributed by atoms with Crippen LogP contribution in [0.15, 0.2) is 47.8 Å². The molecule has 26 heavy (non-hydrogen) atoms. The van der Waals surface area contributed by atoms with Gasteiger partial charge in [0.25, 0.3) is 5.91 Å². The van der Waals surface area contributed by atoms with Crippen molar-refractivity contribution in [3.63, 3.8) is 0 Å². The average molecular weight is 405 g/mol. The first-order valence-corrected chi connectivity index (χ1v) is 9.70. The van der Waals surface area contributed by atoms with E-state index < -0.39 is 0 Å². The molecule has 3 rings (SSSR count). The molecule has 134 valence electrons. The number of nitrogens with one attached hydrogen (secondary N) is 1. The zero-order valence-electron chi connectivity index (χ0n) is 14.6. The Bertz CT molecular complexity index is 943. The lowest BCUT2D eigenvalue weighted by Crippen LogP contribution is -2.12. The molecule has 0 atom stereocenters. The van der Waals surface area contributed by atoms with Gasteiger partial charge >= 0.3 is 0 Å². The van der Waals surface area contributed by atoms with Crippen molar-refractivity contribution >= 4 is 45.6 Å². The Labute approximate surface area is 167 Å². The highest BCUT2D eigenvalue weighted by Gasteiger charge is 2.15. The van der Waals surface area contributed by atoms with E-state index in [0.29, 0.717) is 20.7 Å². The van der Waals surface area contributed by atoms with Crippen LogP contribution in [0.2, 0.25) is 10.0 Å². The molecular formula is C20H18Cl2N2OS. The number of hydrogen-bond donors (Lipinski definition) is 1. The Morgan fingerprint density at radius 3 is 2.42 bits per heavy atom. The fraction of sp³-hybridized carbons (Fsp3) is 0.200. The number of amides is 1. The van der Waals surface area contributed by atoms with Crippen molar-refractivity contribution in [1.82, 2.24) is 4.98 Å². The molecule has 0 bridgehead atoms. The molecule has 0 saturated carbocycles. The molecule has 0 spiro atoms. The van der Waals surface area contributed by atoms with E-state index in [1.165, 1.54) is 16.9 Å². The van der Waals surface area contributed by atoms with Gasteiger partial charge in [0.15, 0.2) is 5.13 Å². The third kappa shape index (κ3) is 4.26. The van der Waals surface area contributed by atoms with Crippen LogP contribution < -0.4 is 5.32 Å². The predicted molar refractivity (Wildman–Crippen MR) is 111 cm³/mol. The minimum absolute atomic E-state index is 0.107. The highest BCUT2D eigenvalue weighted by atomic mass is 35.5. The summed E-state index contributed by atoms with van der Waals surface area (Å²) in [5.74, 6) is -0.332. The van der Waals surface area contributed by atoms with Crippen molar-refractivity contribution < 1.29 is 4.79 Å². The standard InChI is InChI=1S/C20H18Cl2N2OS/c1-20(2,3)13-6-4-12(5-7-13)17-11-26-19(23-17)24-18(25)15-10-14(21)8-9-16(15)22/h4-11H,1-3H3,(H,23,24,25). The maximum absolute atomic E-state index is 12.4. The number of hydrogen-bond acceptors (Lipinski definition) is 3. The summed E-state index contributed by atoms with van der Waals surface area (Å²) in [6.07, 6.45) is 0. The summed E-state index contributed by atoms with van der Waals surface area (Å²) < 4.78 is 0. The second kappa shape index (κ2) is 7.39. The van der Waals surface area contributed by atoms with E-state index in [-0.39, 0.29) is 11.3 Å². The number of rotatable bonds is 3. The summed E-state index contributed by atoms with van der Waals surface area (Å²) in [6, 6.07) is 13.1. The van der Waals surface area contributed by atoms with Crippen LogP contribution in [-0.4, -0.2) is 10.9 Å². The molecule has 0 radical (unpaired) electrons. The first-order chi connectivity index (χ1) is 12.2. The first-order valence-electron chi connectivity index (χ1n) is 8.07. The van der Waals surface area contributed by atoms with Gasteiger partial charge in [-0.15, -0.1) is 11.3 Å². The minimum Gasteiger partial charge on any atom is -0.298 e. The van der Waals surface area contributed by atoms with Gasteiger partial charge < -0.3 is 0 Å². The lowest BCUT2D eigenvalue weighted by molar-refractivity contribution is 0.102. The van der Waals surface area contributed by atoms with E-state index in [9.17, 15) is 4.79 Å². The number of carbonyl (C=O) groups is 1. The van der Waals surface area contributed by atoms with Crippen LogP contribution in [0.1, 0.15) is 36.7 Å². The van der Waals surface area contributed by atoms with E-state index >= 15 is 0 Å². The molecule has 3 aromatic rings. The minimum atomic E-state index is -0.332. The molecule has 1 amide bonds. The zero-order valence-corrected chi connectivity index (χ0v) is 17.0. The molecule has 0 aliphatic rings. The first kappa shape index (κ1) is 18.9. The topological polar surface area (TPSA) is 42.0 Å². The molecule has 0 fully saturated rings. The largest absolute Gasteiger partial charge is 0.298 e. The maximum Gasteiger partial charge on any atom is 0.259 e. The second-order valence-corrected chi connectivity index (χ2v) is 8.65. The highest BCUT2D eigenvalue weighted by Crippen LogP contribution is 2.29. The third-order valence-electron chi connectivity index (χ3n) is 3.94. The Morgan fingerprint density at radius 2 is 1.77 bits per heavy atom. The number of halogens is 2.